The molecule has 0 bridgehead atoms. The van der Waals surface area contributed by atoms with Crippen molar-refractivity contribution in [1.82, 2.24) is 9.55 Å². The number of halogens is 1. The fraction of sp³-hybridized carbons (Fsp3) is 0.700. The lowest BCUT2D eigenvalue weighted by Gasteiger charge is -2.20. The van der Waals surface area contributed by atoms with Crippen LogP contribution < -0.4 is 5.73 Å². The molecule has 1 aromatic rings. The van der Waals surface area contributed by atoms with Crippen LogP contribution >= 0.6 is 15.9 Å². The summed E-state index contributed by atoms with van der Waals surface area (Å²) in [5, 5.41) is 0. The molecule has 2 N–H and O–H groups in total. The quantitative estimate of drug-likeness (QED) is 0.906. The first-order chi connectivity index (χ1) is 6.46. The van der Waals surface area contributed by atoms with Gasteiger partial charge in [-0.3, -0.25) is 0 Å². The van der Waals surface area contributed by atoms with Gasteiger partial charge in [-0.15, -0.1) is 0 Å². The van der Waals surface area contributed by atoms with E-state index in [9.17, 15) is 0 Å². The Kier molecular flexibility index (Phi) is 3.72. The zero-order valence-electron chi connectivity index (χ0n) is 9.05. The van der Waals surface area contributed by atoms with Crippen molar-refractivity contribution in [3.63, 3.8) is 0 Å². The first kappa shape index (κ1) is 11.7. The molecular formula is C10H18BrN3. The second-order valence-electron chi connectivity index (χ2n) is 4.45. The minimum atomic E-state index is 0.0839. The number of imidazole rings is 1. The molecule has 14 heavy (non-hydrogen) atoms. The van der Waals surface area contributed by atoms with Gasteiger partial charge in [-0.05, 0) is 28.9 Å². The van der Waals surface area contributed by atoms with E-state index in [1.807, 2.05) is 6.20 Å². The van der Waals surface area contributed by atoms with Crippen LogP contribution in [0.5, 0.6) is 0 Å². The molecule has 0 atom stereocenters. The van der Waals surface area contributed by atoms with Crippen molar-refractivity contribution in [1.29, 1.82) is 0 Å². The van der Waals surface area contributed by atoms with Gasteiger partial charge in [-0.25, -0.2) is 4.98 Å². The smallest absolute Gasteiger partial charge is 0.114 e. The lowest BCUT2D eigenvalue weighted by Crippen LogP contribution is -2.20. The Balaban J connectivity index is 2.94. The van der Waals surface area contributed by atoms with Crippen LogP contribution in [0.25, 0.3) is 0 Å². The van der Waals surface area contributed by atoms with Crippen LogP contribution in [0.2, 0.25) is 0 Å². The predicted molar refractivity (Wildman–Crippen MR) is 62.3 cm³/mol. The predicted octanol–water partition coefficient (Wildman–Crippen LogP) is 2.29. The van der Waals surface area contributed by atoms with E-state index in [2.05, 4.69) is 46.3 Å². The molecule has 3 nitrogen and oxygen atoms in total. The molecule has 0 unspecified atom stereocenters. The molecule has 0 saturated carbocycles. The van der Waals surface area contributed by atoms with Gasteiger partial charge < -0.3 is 10.3 Å². The fourth-order valence-electron chi connectivity index (χ4n) is 1.42. The van der Waals surface area contributed by atoms with Gasteiger partial charge in [0.05, 0.1) is 6.20 Å². The Hall–Kier alpha value is -0.350. The maximum atomic E-state index is 5.51. The van der Waals surface area contributed by atoms with E-state index in [1.54, 1.807) is 0 Å². The van der Waals surface area contributed by atoms with Crippen molar-refractivity contribution in [3.8, 4) is 0 Å². The highest BCUT2D eigenvalue weighted by molar-refractivity contribution is 9.10. The van der Waals surface area contributed by atoms with Gasteiger partial charge >= 0.3 is 0 Å². The van der Waals surface area contributed by atoms with Gasteiger partial charge in [-0.1, -0.05) is 20.8 Å². The molecule has 1 aromatic heterocycles. The Morgan fingerprint density at radius 2 is 2.14 bits per heavy atom. The topological polar surface area (TPSA) is 43.8 Å². The zero-order chi connectivity index (χ0) is 10.8. The maximum absolute atomic E-state index is 5.51. The molecule has 0 aliphatic carbocycles. The molecule has 0 aliphatic rings. The number of rotatable bonds is 3. The van der Waals surface area contributed by atoms with Gasteiger partial charge in [0.1, 0.15) is 10.4 Å². The van der Waals surface area contributed by atoms with E-state index in [-0.39, 0.29) is 5.41 Å². The molecule has 1 rings (SSSR count). The van der Waals surface area contributed by atoms with Crippen LogP contribution in [0, 0.1) is 0 Å². The number of hydrogen-bond donors (Lipinski definition) is 1. The summed E-state index contributed by atoms with van der Waals surface area (Å²) in [6.07, 6.45) is 2.84. The SMILES string of the molecule is CC(C)(C)c1ncc(Br)n1CCCN. The summed E-state index contributed by atoms with van der Waals surface area (Å²) in [6, 6.07) is 0. The molecule has 4 heteroatoms. The zero-order valence-corrected chi connectivity index (χ0v) is 10.6. The monoisotopic (exact) mass is 259 g/mol. The third kappa shape index (κ3) is 2.58. The Bertz CT molecular complexity index is 299. The van der Waals surface area contributed by atoms with E-state index in [0.29, 0.717) is 6.54 Å². The van der Waals surface area contributed by atoms with Crippen LogP contribution in [0.1, 0.15) is 33.0 Å². The molecule has 80 valence electrons. The molecule has 0 aromatic carbocycles. The first-order valence-corrected chi connectivity index (χ1v) is 5.67. The van der Waals surface area contributed by atoms with Crippen molar-refractivity contribution in [2.45, 2.75) is 39.2 Å². The van der Waals surface area contributed by atoms with Gasteiger partial charge in [0, 0.05) is 12.0 Å². The van der Waals surface area contributed by atoms with Crippen LogP contribution in [-0.4, -0.2) is 16.1 Å². The summed E-state index contributed by atoms with van der Waals surface area (Å²) in [6.45, 7) is 8.15. The van der Waals surface area contributed by atoms with Gasteiger partial charge in [0.15, 0.2) is 0 Å². The third-order valence-electron chi connectivity index (χ3n) is 2.06. The van der Waals surface area contributed by atoms with Crippen molar-refractivity contribution >= 4 is 15.9 Å². The van der Waals surface area contributed by atoms with E-state index >= 15 is 0 Å². The number of nitrogens with two attached hydrogens (primary N) is 1. The molecule has 0 radical (unpaired) electrons. The lowest BCUT2D eigenvalue weighted by atomic mass is 9.95. The van der Waals surface area contributed by atoms with E-state index < -0.39 is 0 Å². The third-order valence-corrected chi connectivity index (χ3v) is 2.70. The van der Waals surface area contributed by atoms with E-state index in [1.165, 1.54) is 0 Å². The number of nitrogens with zero attached hydrogens (tertiary/aromatic N) is 2. The molecule has 0 saturated heterocycles. The summed E-state index contributed by atoms with van der Waals surface area (Å²) in [4.78, 5) is 4.42. The van der Waals surface area contributed by atoms with Crippen molar-refractivity contribution in [2.24, 2.45) is 5.73 Å². The summed E-state index contributed by atoms with van der Waals surface area (Å²) >= 11 is 3.50. The van der Waals surface area contributed by atoms with Crippen molar-refractivity contribution in [2.75, 3.05) is 6.54 Å². The molecule has 0 amide bonds. The van der Waals surface area contributed by atoms with Crippen molar-refractivity contribution < 1.29 is 0 Å². The second kappa shape index (κ2) is 4.45. The highest BCUT2D eigenvalue weighted by atomic mass is 79.9. The van der Waals surface area contributed by atoms with Crippen LogP contribution in [0.15, 0.2) is 10.8 Å². The highest BCUT2D eigenvalue weighted by Gasteiger charge is 2.21. The average molecular weight is 260 g/mol. The Morgan fingerprint density at radius 3 is 2.64 bits per heavy atom. The van der Waals surface area contributed by atoms with Gasteiger partial charge in [0.2, 0.25) is 0 Å². The van der Waals surface area contributed by atoms with Crippen LogP contribution in [0.3, 0.4) is 0 Å². The molecule has 0 aliphatic heterocycles. The lowest BCUT2D eigenvalue weighted by molar-refractivity contribution is 0.488. The summed E-state index contributed by atoms with van der Waals surface area (Å²) < 4.78 is 3.23. The fourth-order valence-corrected chi connectivity index (χ4v) is 1.86. The average Bonchev–Trinajstić information content (AvgIpc) is 2.42. The Labute approximate surface area is 93.8 Å². The van der Waals surface area contributed by atoms with Crippen molar-refractivity contribution in [3.05, 3.63) is 16.6 Å². The second-order valence-corrected chi connectivity index (χ2v) is 5.26. The standard InChI is InChI=1S/C10H18BrN3/c1-10(2,3)9-13-7-8(11)14(9)6-4-5-12/h7H,4-6,12H2,1-3H3. The van der Waals surface area contributed by atoms with Crippen LogP contribution in [0.4, 0.5) is 0 Å². The number of hydrogen-bond acceptors (Lipinski definition) is 2. The normalized spacial score (nSPS) is 12.1. The van der Waals surface area contributed by atoms with Gasteiger partial charge in [0.25, 0.3) is 0 Å². The van der Waals surface area contributed by atoms with Gasteiger partial charge in [-0.2, -0.15) is 0 Å². The summed E-state index contributed by atoms with van der Waals surface area (Å²) in [5.41, 5.74) is 5.59. The largest absolute Gasteiger partial charge is 0.330 e. The highest BCUT2D eigenvalue weighted by Crippen LogP contribution is 2.24. The maximum Gasteiger partial charge on any atom is 0.114 e. The summed E-state index contributed by atoms with van der Waals surface area (Å²) in [7, 11) is 0. The first-order valence-electron chi connectivity index (χ1n) is 4.88. The van der Waals surface area contributed by atoms with E-state index in [4.69, 9.17) is 5.73 Å². The Morgan fingerprint density at radius 1 is 1.50 bits per heavy atom. The number of aromatic nitrogens is 2. The summed E-state index contributed by atoms with van der Waals surface area (Å²) in [5.74, 6) is 1.11. The minimum Gasteiger partial charge on any atom is -0.330 e. The molecule has 0 fully saturated rings. The van der Waals surface area contributed by atoms with E-state index in [0.717, 1.165) is 23.4 Å². The molecule has 0 spiro atoms. The minimum absolute atomic E-state index is 0.0839. The molecule has 1 heterocycles. The molecular weight excluding hydrogens is 242 g/mol. The van der Waals surface area contributed by atoms with Crippen LogP contribution in [-0.2, 0) is 12.0 Å².